The second-order valence-electron chi connectivity index (χ2n) is 2.82. The highest BCUT2D eigenvalue weighted by molar-refractivity contribution is 14.1. The van der Waals surface area contributed by atoms with Gasteiger partial charge < -0.3 is 4.74 Å². The number of halogens is 1. The van der Waals surface area contributed by atoms with E-state index < -0.39 is 0 Å². The summed E-state index contributed by atoms with van der Waals surface area (Å²) in [7, 11) is 0. The van der Waals surface area contributed by atoms with Gasteiger partial charge in [0.15, 0.2) is 3.01 Å². The molecule has 0 aromatic carbocycles. The van der Waals surface area contributed by atoms with Crippen LogP contribution in [0.15, 0.2) is 0 Å². The van der Waals surface area contributed by atoms with E-state index >= 15 is 0 Å². The van der Waals surface area contributed by atoms with Crippen LogP contribution in [-0.2, 0) is 4.74 Å². The van der Waals surface area contributed by atoms with Gasteiger partial charge in [-0.25, -0.2) is 4.98 Å². The predicted octanol–water partition coefficient (Wildman–Crippen LogP) is 2.04. The first-order valence-electron chi connectivity index (χ1n) is 3.93. The summed E-state index contributed by atoms with van der Waals surface area (Å²) in [6.45, 7) is 1.70. The van der Waals surface area contributed by atoms with E-state index in [4.69, 9.17) is 4.74 Å². The Bertz CT molecular complexity index is 260. The molecule has 3 nitrogen and oxygen atoms in total. The molecule has 5 heteroatoms. The molecule has 1 fully saturated rings. The van der Waals surface area contributed by atoms with Crippen LogP contribution in [-0.4, -0.2) is 22.6 Å². The van der Waals surface area contributed by atoms with Gasteiger partial charge in [-0.1, -0.05) is 0 Å². The van der Waals surface area contributed by atoms with Crippen LogP contribution in [0.1, 0.15) is 24.6 Å². The largest absolute Gasteiger partial charge is 0.381 e. The Balaban J connectivity index is 2.08. The topological polar surface area (TPSA) is 35.0 Å². The first kappa shape index (κ1) is 8.83. The van der Waals surface area contributed by atoms with Crippen molar-refractivity contribution in [3.8, 4) is 0 Å². The van der Waals surface area contributed by atoms with Crippen molar-refractivity contribution in [1.29, 1.82) is 0 Å². The van der Waals surface area contributed by atoms with Crippen LogP contribution >= 0.6 is 34.1 Å². The van der Waals surface area contributed by atoms with Gasteiger partial charge in [0.25, 0.3) is 0 Å². The van der Waals surface area contributed by atoms with Crippen LogP contribution in [0.2, 0.25) is 0 Å². The molecule has 0 saturated carbocycles. The van der Waals surface area contributed by atoms with Crippen LogP contribution in [0.25, 0.3) is 0 Å². The van der Waals surface area contributed by atoms with Gasteiger partial charge >= 0.3 is 0 Å². The summed E-state index contributed by atoms with van der Waals surface area (Å²) in [6.07, 6.45) is 2.31. The SMILES string of the molecule is Ic1nc(C2CCCOC2)ns1. The molecule has 2 heterocycles. The molecule has 1 aromatic heterocycles. The van der Waals surface area contributed by atoms with Crippen LogP contribution in [0.3, 0.4) is 0 Å². The van der Waals surface area contributed by atoms with Crippen molar-refractivity contribution in [3.05, 3.63) is 8.84 Å². The van der Waals surface area contributed by atoms with Gasteiger partial charge in [0.05, 0.1) is 6.61 Å². The number of hydrogen-bond donors (Lipinski definition) is 0. The Kier molecular flexibility index (Phi) is 2.92. The third-order valence-corrected chi connectivity index (χ3v) is 3.29. The van der Waals surface area contributed by atoms with Crippen molar-refractivity contribution in [2.75, 3.05) is 13.2 Å². The fraction of sp³-hybridized carbons (Fsp3) is 0.714. The van der Waals surface area contributed by atoms with Crippen molar-refractivity contribution in [2.24, 2.45) is 0 Å². The first-order valence-corrected chi connectivity index (χ1v) is 5.78. The standard InChI is InChI=1S/C7H9IN2OS/c8-7-9-6(10-12-7)5-2-1-3-11-4-5/h5H,1-4H2. The summed E-state index contributed by atoms with van der Waals surface area (Å²) in [4.78, 5) is 4.35. The fourth-order valence-corrected chi connectivity index (χ4v) is 2.36. The zero-order chi connectivity index (χ0) is 8.39. The fourth-order valence-electron chi connectivity index (χ4n) is 1.33. The van der Waals surface area contributed by atoms with E-state index in [2.05, 4.69) is 31.9 Å². The maximum absolute atomic E-state index is 5.37. The van der Waals surface area contributed by atoms with E-state index in [1.165, 1.54) is 18.0 Å². The zero-order valence-electron chi connectivity index (χ0n) is 6.49. The molecule has 0 amide bonds. The minimum Gasteiger partial charge on any atom is -0.381 e. The zero-order valence-corrected chi connectivity index (χ0v) is 9.47. The van der Waals surface area contributed by atoms with Crippen molar-refractivity contribution in [2.45, 2.75) is 18.8 Å². The van der Waals surface area contributed by atoms with Gasteiger partial charge in [0, 0.05) is 12.5 Å². The van der Waals surface area contributed by atoms with E-state index in [-0.39, 0.29) is 0 Å². The minimum absolute atomic E-state index is 0.443. The molecular formula is C7H9IN2OS. The lowest BCUT2D eigenvalue weighted by Crippen LogP contribution is -2.16. The summed E-state index contributed by atoms with van der Waals surface area (Å²) >= 11 is 3.67. The van der Waals surface area contributed by atoms with Gasteiger partial charge in [-0.2, -0.15) is 4.37 Å². The van der Waals surface area contributed by atoms with Gasteiger partial charge in [0.2, 0.25) is 0 Å². The van der Waals surface area contributed by atoms with Crippen LogP contribution in [0.5, 0.6) is 0 Å². The average molecular weight is 296 g/mol. The summed E-state index contributed by atoms with van der Waals surface area (Å²) in [5, 5.41) is 0. The lowest BCUT2D eigenvalue weighted by molar-refractivity contribution is 0.0783. The van der Waals surface area contributed by atoms with Crippen LogP contribution in [0.4, 0.5) is 0 Å². The highest BCUT2D eigenvalue weighted by Gasteiger charge is 2.19. The molecule has 1 aliphatic heterocycles. The molecule has 1 unspecified atom stereocenters. The maximum atomic E-state index is 5.37. The smallest absolute Gasteiger partial charge is 0.173 e. The van der Waals surface area contributed by atoms with Crippen molar-refractivity contribution in [3.63, 3.8) is 0 Å². The lowest BCUT2D eigenvalue weighted by Gasteiger charge is -2.18. The van der Waals surface area contributed by atoms with Gasteiger partial charge in [-0.05, 0) is 47.0 Å². The lowest BCUT2D eigenvalue weighted by atomic mass is 10.0. The molecule has 0 aliphatic carbocycles. The Morgan fingerprint density at radius 3 is 3.08 bits per heavy atom. The minimum atomic E-state index is 0.443. The van der Waals surface area contributed by atoms with Crippen molar-refractivity contribution in [1.82, 2.24) is 9.36 Å². The van der Waals surface area contributed by atoms with Crippen LogP contribution in [0, 0.1) is 3.01 Å². The summed E-state index contributed by atoms with van der Waals surface area (Å²) < 4.78 is 10.7. The molecule has 0 radical (unpaired) electrons. The Hall–Kier alpha value is 0.250. The molecule has 2 rings (SSSR count). The second kappa shape index (κ2) is 3.97. The van der Waals surface area contributed by atoms with Gasteiger partial charge in [-0.15, -0.1) is 0 Å². The molecule has 0 N–H and O–H groups in total. The molecule has 0 bridgehead atoms. The summed E-state index contributed by atoms with van der Waals surface area (Å²) in [5.74, 6) is 1.42. The molecule has 1 saturated heterocycles. The molecule has 1 aliphatic rings. The Labute approximate surface area is 88.8 Å². The second-order valence-corrected chi connectivity index (χ2v) is 5.33. The number of ether oxygens (including phenoxy) is 1. The van der Waals surface area contributed by atoms with E-state index in [1.54, 1.807) is 0 Å². The van der Waals surface area contributed by atoms with E-state index in [0.717, 1.165) is 28.5 Å². The third-order valence-electron chi connectivity index (χ3n) is 1.94. The molecular weight excluding hydrogens is 287 g/mol. The quantitative estimate of drug-likeness (QED) is 0.744. The molecule has 1 aromatic rings. The normalized spacial score (nSPS) is 24.2. The average Bonchev–Trinajstić information content (AvgIpc) is 2.54. The predicted molar refractivity (Wildman–Crippen MR) is 55.4 cm³/mol. The van der Waals surface area contributed by atoms with Crippen molar-refractivity contribution >= 4 is 34.1 Å². The monoisotopic (exact) mass is 296 g/mol. The molecule has 1 atom stereocenters. The first-order chi connectivity index (χ1) is 5.86. The van der Waals surface area contributed by atoms with Crippen molar-refractivity contribution < 1.29 is 4.74 Å². The van der Waals surface area contributed by atoms with E-state index in [9.17, 15) is 0 Å². The maximum Gasteiger partial charge on any atom is 0.173 e. The molecule has 0 spiro atoms. The number of nitrogens with zero attached hydrogens (tertiary/aromatic N) is 2. The molecule has 12 heavy (non-hydrogen) atoms. The van der Waals surface area contributed by atoms with Crippen LogP contribution < -0.4 is 0 Å². The Morgan fingerprint density at radius 1 is 1.58 bits per heavy atom. The highest BCUT2D eigenvalue weighted by atomic mass is 127. The number of aromatic nitrogens is 2. The van der Waals surface area contributed by atoms with Gasteiger partial charge in [-0.3, -0.25) is 0 Å². The highest BCUT2D eigenvalue weighted by Crippen LogP contribution is 2.24. The third kappa shape index (κ3) is 1.94. The summed E-state index contributed by atoms with van der Waals surface area (Å²) in [6, 6.07) is 0. The van der Waals surface area contributed by atoms with E-state index in [0.29, 0.717) is 5.92 Å². The number of rotatable bonds is 1. The summed E-state index contributed by atoms with van der Waals surface area (Å²) in [5.41, 5.74) is 0. The molecule has 66 valence electrons. The Morgan fingerprint density at radius 2 is 2.50 bits per heavy atom. The number of hydrogen-bond acceptors (Lipinski definition) is 4. The van der Waals surface area contributed by atoms with Gasteiger partial charge in [0.1, 0.15) is 5.82 Å². The van der Waals surface area contributed by atoms with E-state index in [1.807, 2.05) is 0 Å².